The van der Waals surface area contributed by atoms with Gasteiger partial charge in [0.05, 0.1) is 15.0 Å². The third-order valence-electron chi connectivity index (χ3n) is 6.36. The Hall–Kier alpha value is -1.74. The van der Waals surface area contributed by atoms with Gasteiger partial charge in [-0.2, -0.15) is 0 Å². The lowest BCUT2D eigenvalue weighted by molar-refractivity contribution is 0.215. The van der Waals surface area contributed by atoms with Crippen LogP contribution in [0, 0.1) is 5.92 Å². The Balaban J connectivity index is 1.28. The van der Waals surface area contributed by atoms with Crippen LogP contribution in [0.4, 0.5) is 0 Å². The SMILES string of the molecule is Clc1cnc(Oc2ccc3c(nnn3CC3CC3)c2Br)c(CN2C[C@H]3C[C@@H]2CN3)c1. The van der Waals surface area contributed by atoms with Gasteiger partial charge in [-0.15, -0.1) is 5.10 Å². The van der Waals surface area contributed by atoms with Crippen molar-refractivity contribution in [1.29, 1.82) is 0 Å². The molecule has 1 aromatic carbocycles. The van der Waals surface area contributed by atoms with Crippen molar-refractivity contribution in [3.05, 3.63) is 39.5 Å². The number of ether oxygens (including phenoxy) is 1. The number of benzene rings is 1. The van der Waals surface area contributed by atoms with Crippen LogP contribution in [0.1, 0.15) is 24.8 Å². The average molecular weight is 490 g/mol. The van der Waals surface area contributed by atoms with Crippen LogP contribution < -0.4 is 10.1 Å². The van der Waals surface area contributed by atoms with Crippen LogP contribution in [0.3, 0.4) is 0 Å². The maximum atomic E-state index is 6.26. The molecule has 0 radical (unpaired) electrons. The lowest BCUT2D eigenvalue weighted by Crippen LogP contribution is -2.43. The van der Waals surface area contributed by atoms with Crippen LogP contribution in [0.2, 0.25) is 5.02 Å². The first-order valence-electron chi connectivity index (χ1n) is 10.5. The van der Waals surface area contributed by atoms with Crippen molar-refractivity contribution in [3.63, 3.8) is 0 Å². The number of rotatable bonds is 6. The third-order valence-corrected chi connectivity index (χ3v) is 7.33. The predicted octanol–water partition coefficient (Wildman–Crippen LogP) is 3.99. The minimum absolute atomic E-state index is 0.575. The molecule has 7 nitrogen and oxygen atoms in total. The Morgan fingerprint density at radius 2 is 2.20 bits per heavy atom. The van der Waals surface area contributed by atoms with Crippen molar-refractivity contribution >= 4 is 38.6 Å². The molecule has 1 aliphatic carbocycles. The van der Waals surface area contributed by atoms with Crippen molar-refractivity contribution in [2.75, 3.05) is 13.1 Å². The summed E-state index contributed by atoms with van der Waals surface area (Å²) in [4.78, 5) is 6.98. The summed E-state index contributed by atoms with van der Waals surface area (Å²) in [6.45, 7) is 3.81. The molecule has 0 unspecified atom stereocenters. The molecule has 0 spiro atoms. The largest absolute Gasteiger partial charge is 0.437 e. The molecular weight excluding hydrogens is 468 g/mol. The van der Waals surface area contributed by atoms with E-state index in [4.69, 9.17) is 16.3 Å². The standard InChI is InChI=1S/C21H22BrClN6O/c22-19-18(4-3-17-20(19)26-27-29(17)9-12-1-2-12)30-21-13(5-14(23)7-25-21)10-28-11-15-6-16(28)8-24-15/h3-5,7,12,15-16,24H,1-2,6,8-11H2/t15-,16-/m1/s1. The highest BCUT2D eigenvalue weighted by molar-refractivity contribution is 9.10. The number of halogens is 2. The lowest BCUT2D eigenvalue weighted by Gasteiger charge is -2.27. The second-order valence-corrected chi connectivity index (χ2v) is 9.83. The first-order valence-corrected chi connectivity index (χ1v) is 11.6. The summed E-state index contributed by atoms with van der Waals surface area (Å²) in [6.07, 6.45) is 5.41. The molecule has 156 valence electrons. The summed E-state index contributed by atoms with van der Waals surface area (Å²) in [7, 11) is 0. The monoisotopic (exact) mass is 488 g/mol. The molecule has 0 amide bonds. The average Bonchev–Trinajstić information content (AvgIpc) is 3.10. The van der Waals surface area contributed by atoms with Gasteiger partial charge < -0.3 is 10.1 Å². The van der Waals surface area contributed by atoms with Crippen LogP contribution in [0.15, 0.2) is 28.9 Å². The van der Waals surface area contributed by atoms with Crippen LogP contribution in [-0.4, -0.2) is 50.1 Å². The Bertz CT molecular complexity index is 1120. The number of nitrogens with zero attached hydrogens (tertiary/aromatic N) is 5. The summed E-state index contributed by atoms with van der Waals surface area (Å²) < 4.78 is 9.05. The summed E-state index contributed by atoms with van der Waals surface area (Å²) >= 11 is 9.94. The molecule has 30 heavy (non-hydrogen) atoms. The first kappa shape index (κ1) is 19.0. The van der Waals surface area contributed by atoms with Gasteiger partial charge in [0.25, 0.3) is 0 Å². The number of likely N-dealkylation sites (tertiary alicyclic amines) is 1. The van der Waals surface area contributed by atoms with E-state index in [0.29, 0.717) is 28.7 Å². The van der Waals surface area contributed by atoms with E-state index in [0.717, 1.165) is 53.2 Å². The molecule has 6 rings (SSSR count). The highest BCUT2D eigenvalue weighted by atomic mass is 79.9. The first-order chi connectivity index (χ1) is 14.6. The molecule has 3 fully saturated rings. The minimum Gasteiger partial charge on any atom is -0.437 e. The Kier molecular flexibility index (Phi) is 4.71. The van der Waals surface area contributed by atoms with Gasteiger partial charge in [-0.25, -0.2) is 9.67 Å². The molecule has 2 saturated heterocycles. The number of pyridine rings is 1. The van der Waals surface area contributed by atoms with Crippen LogP contribution in [-0.2, 0) is 13.1 Å². The number of hydrogen-bond acceptors (Lipinski definition) is 6. The molecule has 2 aliphatic heterocycles. The maximum Gasteiger partial charge on any atom is 0.223 e. The van der Waals surface area contributed by atoms with Crippen molar-refractivity contribution in [2.24, 2.45) is 5.92 Å². The van der Waals surface area contributed by atoms with E-state index in [2.05, 4.69) is 41.4 Å². The zero-order valence-electron chi connectivity index (χ0n) is 16.4. The Labute approximate surface area is 187 Å². The van der Waals surface area contributed by atoms with Crippen molar-refractivity contribution in [1.82, 2.24) is 30.2 Å². The van der Waals surface area contributed by atoms with Crippen molar-refractivity contribution < 1.29 is 4.74 Å². The second kappa shape index (κ2) is 7.44. The molecule has 2 aromatic heterocycles. The van der Waals surface area contributed by atoms with Crippen LogP contribution >= 0.6 is 27.5 Å². The van der Waals surface area contributed by atoms with Gasteiger partial charge >= 0.3 is 0 Å². The molecule has 2 bridgehead atoms. The van der Waals surface area contributed by atoms with Gasteiger partial charge in [-0.05, 0) is 59.3 Å². The van der Waals surface area contributed by atoms with Crippen molar-refractivity contribution in [2.45, 2.75) is 44.4 Å². The van der Waals surface area contributed by atoms with Gasteiger partial charge in [-0.1, -0.05) is 16.8 Å². The summed E-state index contributed by atoms with van der Waals surface area (Å²) in [5, 5.41) is 12.9. The number of hydrogen-bond donors (Lipinski definition) is 1. The van der Waals surface area contributed by atoms with Gasteiger partial charge in [0.1, 0.15) is 11.3 Å². The Morgan fingerprint density at radius 3 is 2.97 bits per heavy atom. The number of piperazine rings is 1. The fraction of sp³-hybridized carbons (Fsp3) is 0.476. The molecule has 3 aromatic rings. The molecule has 3 aliphatic rings. The molecule has 1 saturated carbocycles. The fourth-order valence-corrected chi connectivity index (χ4v) is 5.26. The van der Waals surface area contributed by atoms with E-state index in [1.807, 2.05) is 22.9 Å². The number of fused-ring (bicyclic) bond motifs is 3. The normalized spacial score (nSPS) is 23.5. The number of aromatic nitrogens is 4. The fourth-order valence-electron chi connectivity index (χ4n) is 4.58. The molecular formula is C21H22BrClN6O. The molecule has 1 N–H and O–H groups in total. The maximum absolute atomic E-state index is 6.26. The zero-order chi connectivity index (χ0) is 20.2. The van der Waals surface area contributed by atoms with Gasteiger partial charge in [0.15, 0.2) is 0 Å². The van der Waals surface area contributed by atoms with E-state index < -0.39 is 0 Å². The van der Waals surface area contributed by atoms with Crippen LogP contribution in [0.5, 0.6) is 11.6 Å². The van der Waals surface area contributed by atoms with E-state index in [9.17, 15) is 0 Å². The van der Waals surface area contributed by atoms with Crippen LogP contribution in [0.25, 0.3) is 11.0 Å². The molecule has 9 heteroatoms. The topological polar surface area (TPSA) is 68.1 Å². The summed E-state index contributed by atoms with van der Waals surface area (Å²) in [5.74, 6) is 2.00. The minimum atomic E-state index is 0.575. The van der Waals surface area contributed by atoms with E-state index in [1.165, 1.54) is 19.3 Å². The molecule has 2 atom stereocenters. The summed E-state index contributed by atoms with van der Waals surface area (Å²) in [6, 6.07) is 7.12. The van der Waals surface area contributed by atoms with Gasteiger partial charge in [0, 0.05) is 50.0 Å². The van der Waals surface area contributed by atoms with Gasteiger partial charge in [0.2, 0.25) is 5.88 Å². The smallest absolute Gasteiger partial charge is 0.223 e. The lowest BCUT2D eigenvalue weighted by atomic mass is 10.2. The Morgan fingerprint density at radius 1 is 1.30 bits per heavy atom. The number of nitrogens with one attached hydrogen (secondary N) is 1. The predicted molar refractivity (Wildman–Crippen MR) is 118 cm³/mol. The zero-order valence-corrected chi connectivity index (χ0v) is 18.7. The molecule has 4 heterocycles. The van der Waals surface area contributed by atoms with Crippen molar-refractivity contribution in [3.8, 4) is 11.6 Å². The highest BCUT2D eigenvalue weighted by Gasteiger charge is 2.37. The second-order valence-electron chi connectivity index (χ2n) is 8.60. The summed E-state index contributed by atoms with van der Waals surface area (Å²) in [5.41, 5.74) is 2.83. The quantitative estimate of drug-likeness (QED) is 0.565. The van der Waals surface area contributed by atoms with E-state index >= 15 is 0 Å². The van der Waals surface area contributed by atoms with Gasteiger partial charge in [-0.3, -0.25) is 4.90 Å². The third kappa shape index (κ3) is 3.49. The highest BCUT2D eigenvalue weighted by Crippen LogP contribution is 2.38. The van der Waals surface area contributed by atoms with E-state index in [1.54, 1.807) is 6.20 Å². The van der Waals surface area contributed by atoms with E-state index in [-0.39, 0.29) is 0 Å².